The Morgan fingerprint density at radius 2 is 2.06 bits per heavy atom. The van der Waals surface area contributed by atoms with Crippen LogP contribution in [0.5, 0.6) is 0 Å². The summed E-state index contributed by atoms with van der Waals surface area (Å²) in [5.41, 5.74) is 7.81. The summed E-state index contributed by atoms with van der Waals surface area (Å²) >= 11 is 2.28. The first-order valence-electron chi connectivity index (χ1n) is 5.33. The Balaban J connectivity index is 2.37. The van der Waals surface area contributed by atoms with Crippen LogP contribution in [-0.2, 0) is 6.42 Å². The monoisotopic (exact) mass is 340 g/mol. The Bertz CT molecular complexity index is 528. The Morgan fingerprint density at radius 1 is 1.29 bits per heavy atom. The van der Waals surface area contributed by atoms with E-state index >= 15 is 0 Å². The minimum absolute atomic E-state index is 0.538. The number of nitrogens with two attached hydrogens (primary N) is 1. The van der Waals surface area contributed by atoms with Gasteiger partial charge in [-0.3, -0.25) is 0 Å². The van der Waals surface area contributed by atoms with Gasteiger partial charge in [0.15, 0.2) is 0 Å². The van der Waals surface area contributed by atoms with Crippen LogP contribution in [0.4, 0.5) is 17.3 Å². The second-order valence-corrected chi connectivity index (χ2v) is 4.71. The highest BCUT2D eigenvalue weighted by molar-refractivity contribution is 14.1. The van der Waals surface area contributed by atoms with Gasteiger partial charge in [0.1, 0.15) is 18.0 Å². The molecule has 88 valence electrons. The molecule has 1 aromatic carbocycles. The zero-order valence-electron chi connectivity index (χ0n) is 9.44. The molecule has 4 nitrogen and oxygen atoms in total. The molecule has 1 heterocycles. The number of hydrogen-bond acceptors (Lipinski definition) is 4. The normalized spacial score (nSPS) is 10.2. The van der Waals surface area contributed by atoms with Crippen molar-refractivity contribution in [1.29, 1.82) is 0 Å². The Morgan fingerprint density at radius 3 is 2.76 bits per heavy atom. The van der Waals surface area contributed by atoms with Crippen molar-refractivity contribution in [3.8, 4) is 0 Å². The number of para-hydroxylation sites is 1. The van der Waals surface area contributed by atoms with Gasteiger partial charge in [-0.15, -0.1) is 0 Å². The van der Waals surface area contributed by atoms with Gasteiger partial charge in [0.05, 0.1) is 5.69 Å². The van der Waals surface area contributed by atoms with Gasteiger partial charge in [0.25, 0.3) is 0 Å². The molecule has 5 heteroatoms. The van der Waals surface area contributed by atoms with Crippen molar-refractivity contribution in [3.05, 3.63) is 39.7 Å². The van der Waals surface area contributed by atoms with Gasteiger partial charge in [-0.05, 0) is 41.1 Å². The smallest absolute Gasteiger partial charge is 0.139 e. The number of anilines is 3. The molecule has 1 aromatic heterocycles. The van der Waals surface area contributed by atoms with Crippen LogP contribution in [0.3, 0.4) is 0 Å². The Labute approximate surface area is 114 Å². The number of nitrogen functional groups attached to an aromatic ring is 1. The molecule has 0 amide bonds. The molecule has 0 saturated heterocycles. The molecule has 17 heavy (non-hydrogen) atoms. The van der Waals surface area contributed by atoms with Gasteiger partial charge in [-0.1, -0.05) is 19.1 Å². The van der Waals surface area contributed by atoms with Gasteiger partial charge in [-0.25, -0.2) is 9.97 Å². The van der Waals surface area contributed by atoms with Gasteiger partial charge in [0.2, 0.25) is 0 Å². The number of halogens is 1. The summed E-state index contributed by atoms with van der Waals surface area (Å²) in [5.74, 6) is 1.32. The summed E-state index contributed by atoms with van der Waals surface area (Å²) in [5, 5.41) is 3.29. The maximum Gasteiger partial charge on any atom is 0.139 e. The second-order valence-electron chi connectivity index (χ2n) is 3.54. The molecule has 0 bridgehead atoms. The highest BCUT2D eigenvalue weighted by Gasteiger charge is 2.08. The van der Waals surface area contributed by atoms with E-state index in [1.807, 2.05) is 31.2 Å². The summed E-state index contributed by atoms with van der Waals surface area (Å²) in [4.78, 5) is 8.24. The van der Waals surface area contributed by atoms with Crippen LogP contribution in [0.1, 0.15) is 12.5 Å². The van der Waals surface area contributed by atoms with Crippen LogP contribution in [0.2, 0.25) is 0 Å². The summed E-state index contributed by atoms with van der Waals surface area (Å²) in [7, 11) is 0. The molecular weight excluding hydrogens is 327 g/mol. The standard InChI is InChI=1S/C12H13IN4/c1-2-8-11(14)15-7-16-12(8)17-10-6-4-3-5-9(10)13/h3-7H,2H2,1H3,(H3,14,15,16,17). The third-order valence-corrected chi connectivity index (χ3v) is 3.40. The van der Waals surface area contributed by atoms with Crippen LogP contribution in [0.25, 0.3) is 0 Å². The highest BCUT2D eigenvalue weighted by Crippen LogP contribution is 2.25. The minimum Gasteiger partial charge on any atom is -0.383 e. The molecule has 0 aliphatic carbocycles. The second kappa shape index (κ2) is 5.31. The first kappa shape index (κ1) is 12.1. The summed E-state index contributed by atoms with van der Waals surface area (Å²) in [6, 6.07) is 8.04. The van der Waals surface area contributed by atoms with Crippen molar-refractivity contribution >= 4 is 39.9 Å². The molecule has 0 spiro atoms. The Kier molecular flexibility index (Phi) is 3.78. The van der Waals surface area contributed by atoms with Gasteiger partial charge in [-0.2, -0.15) is 0 Å². The molecular formula is C12H13IN4. The van der Waals surface area contributed by atoms with E-state index in [0.717, 1.165) is 27.1 Å². The molecule has 2 rings (SSSR count). The highest BCUT2D eigenvalue weighted by atomic mass is 127. The van der Waals surface area contributed by atoms with Crippen molar-refractivity contribution < 1.29 is 0 Å². The number of rotatable bonds is 3. The van der Waals surface area contributed by atoms with E-state index in [-0.39, 0.29) is 0 Å². The van der Waals surface area contributed by atoms with Gasteiger partial charge >= 0.3 is 0 Å². The van der Waals surface area contributed by atoms with Crippen molar-refractivity contribution in [2.45, 2.75) is 13.3 Å². The maximum absolute atomic E-state index is 5.83. The molecule has 2 aromatic rings. The Hall–Kier alpha value is -1.37. The molecule has 0 aliphatic rings. The largest absolute Gasteiger partial charge is 0.383 e. The van der Waals surface area contributed by atoms with Crippen molar-refractivity contribution in [1.82, 2.24) is 9.97 Å². The van der Waals surface area contributed by atoms with E-state index in [2.05, 4.69) is 37.9 Å². The average molecular weight is 340 g/mol. The fourth-order valence-electron chi connectivity index (χ4n) is 1.57. The lowest BCUT2D eigenvalue weighted by Gasteiger charge is -2.12. The molecule has 0 radical (unpaired) electrons. The van der Waals surface area contributed by atoms with E-state index in [1.54, 1.807) is 0 Å². The fourth-order valence-corrected chi connectivity index (χ4v) is 2.09. The molecule has 3 N–H and O–H groups in total. The van der Waals surface area contributed by atoms with Crippen LogP contribution < -0.4 is 11.1 Å². The van der Waals surface area contributed by atoms with Crippen molar-refractivity contribution in [2.75, 3.05) is 11.1 Å². The molecule has 0 aliphatic heterocycles. The molecule has 0 fully saturated rings. The third kappa shape index (κ3) is 2.66. The number of hydrogen-bond donors (Lipinski definition) is 2. The quantitative estimate of drug-likeness (QED) is 0.844. The summed E-state index contributed by atoms with van der Waals surface area (Å²) < 4.78 is 1.14. The van der Waals surface area contributed by atoms with Crippen LogP contribution in [-0.4, -0.2) is 9.97 Å². The number of aromatic nitrogens is 2. The molecule has 0 unspecified atom stereocenters. The predicted molar refractivity (Wildman–Crippen MR) is 78.3 cm³/mol. The average Bonchev–Trinajstić information content (AvgIpc) is 2.32. The number of nitrogens with zero attached hydrogens (tertiary/aromatic N) is 2. The van der Waals surface area contributed by atoms with Crippen LogP contribution in [0, 0.1) is 3.57 Å². The minimum atomic E-state index is 0.538. The van der Waals surface area contributed by atoms with E-state index in [4.69, 9.17) is 5.73 Å². The third-order valence-electron chi connectivity index (χ3n) is 2.46. The molecule has 0 atom stereocenters. The first-order chi connectivity index (χ1) is 8.22. The topological polar surface area (TPSA) is 63.8 Å². The fraction of sp³-hybridized carbons (Fsp3) is 0.167. The van der Waals surface area contributed by atoms with Crippen molar-refractivity contribution in [3.63, 3.8) is 0 Å². The lowest BCUT2D eigenvalue weighted by atomic mass is 10.2. The van der Waals surface area contributed by atoms with Crippen LogP contribution >= 0.6 is 22.6 Å². The SMILES string of the molecule is CCc1c(N)ncnc1Nc1ccccc1I. The number of nitrogens with one attached hydrogen (secondary N) is 1. The van der Waals surface area contributed by atoms with E-state index in [9.17, 15) is 0 Å². The molecule has 0 saturated carbocycles. The van der Waals surface area contributed by atoms with Crippen LogP contribution in [0.15, 0.2) is 30.6 Å². The zero-order valence-corrected chi connectivity index (χ0v) is 11.6. The number of benzene rings is 1. The van der Waals surface area contributed by atoms with Gasteiger partial charge < -0.3 is 11.1 Å². The lowest BCUT2D eigenvalue weighted by molar-refractivity contribution is 1.06. The zero-order chi connectivity index (χ0) is 12.3. The summed E-state index contributed by atoms with van der Waals surface area (Å²) in [6.45, 7) is 2.04. The van der Waals surface area contributed by atoms with E-state index in [1.165, 1.54) is 6.33 Å². The lowest BCUT2D eigenvalue weighted by Crippen LogP contribution is -2.05. The predicted octanol–water partition coefficient (Wildman–Crippen LogP) is 2.97. The summed E-state index contributed by atoms with van der Waals surface area (Å²) in [6.07, 6.45) is 2.28. The first-order valence-corrected chi connectivity index (χ1v) is 6.41. The van der Waals surface area contributed by atoms with E-state index in [0.29, 0.717) is 5.82 Å². The van der Waals surface area contributed by atoms with Gasteiger partial charge in [0, 0.05) is 9.13 Å². The van der Waals surface area contributed by atoms with E-state index < -0.39 is 0 Å². The van der Waals surface area contributed by atoms with Crippen molar-refractivity contribution in [2.24, 2.45) is 0 Å². The maximum atomic E-state index is 5.83.